The Kier molecular flexibility index (Phi) is 5.81. The van der Waals surface area contributed by atoms with Gasteiger partial charge in [-0.1, -0.05) is 12.1 Å². The topological polar surface area (TPSA) is 108 Å². The van der Waals surface area contributed by atoms with Crippen LogP contribution in [0, 0.1) is 11.3 Å². The molecular weight excluding hydrogens is 430 g/mol. The maximum atomic E-state index is 12.2. The van der Waals surface area contributed by atoms with Crippen LogP contribution in [0.1, 0.15) is 16.1 Å². The lowest BCUT2D eigenvalue weighted by Crippen LogP contribution is -2.36. The fourth-order valence-electron chi connectivity index (χ4n) is 3.92. The Hall–Kier alpha value is -4.42. The molecule has 34 heavy (non-hydrogen) atoms. The third kappa shape index (κ3) is 4.27. The molecule has 0 bridgehead atoms. The first-order valence-electron chi connectivity index (χ1n) is 11.0. The van der Waals surface area contributed by atoms with Crippen molar-refractivity contribution in [3.63, 3.8) is 0 Å². The highest BCUT2D eigenvalue weighted by atomic mass is 16.5. The standard InChI is InChI=1S/C25H23N7O2/c1-27-25(33)22-16-32-15-21(18-4-2-3-17(13-18)14-26)29-23(24(32)30-22)28-19-5-7-20(8-6-19)31-9-11-34-12-10-31/h2-8,13,15-16H,9-12H2,1H3,(H,27,33)(H,28,29). The molecule has 0 spiro atoms. The van der Waals surface area contributed by atoms with Crippen LogP contribution < -0.4 is 15.5 Å². The zero-order chi connectivity index (χ0) is 23.5. The molecule has 0 atom stereocenters. The number of rotatable bonds is 5. The number of nitriles is 1. The van der Waals surface area contributed by atoms with E-state index in [2.05, 4.69) is 38.7 Å². The Morgan fingerprint density at radius 3 is 2.62 bits per heavy atom. The number of fused-ring (bicyclic) bond motifs is 1. The quantitative estimate of drug-likeness (QED) is 0.478. The summed E-state index contributed by atoms with van der Waals surface area (Å²) in [5.74, 6) is 0.228. The summed E-state index contributed by atoms with van der Waals surface area (Å²) in [5.41, 5.74) is 4.79. The monoisotopic (exact) mass is 453 g/mol. The minimum absolute atomic E-state index is 0.280. The van der Waals surface area contributed by atoms with Crippen LogP contribution in [-0.2, 0) is 4.74 Å². The average Bonchev–Trinajstić information content (AvgIpc) is 3.34. The number of ether oxygens (including phenoxy) is 1. The van der Waals surface area contributed by atoms with Gasteiger partial charge in [-0.2, -0.15) is 5.26 Å². The number of nitrogens with zero attached hydrogens (tertiary/aromatic N) is 5. The van der Waals surface area contributed by atoms with Gasteiger partial charge in [-0.05, 0) is 36.4 Å². The van der Waals surface area contributed by atoms with Gasteiger partial charge < -0.3 is 24.7 Å². The summed E-state index contributed by atoms with van der Waals surface area (Å²) in [5, 5.41) is 15.2. The maximum Gasteiger partial charge on any atom is 0.271 e. The van der Waals surface area contributed by atoms with Gasteiger partial charge >= 0.3 is 0 Å². The molecule has 0 saturated carbocycles. The van der Waals surface area contributed by atoms with Crippen molar-refractivity contribution in [3.8, 4) is 17.3 Å². The molecule has 0 radical (unpaired) electrons. The summed E-state index contributed by atoms with van der Waals surface area (Å²) in [6.45, 7) is 3.20. The van der Waals surface area contributed by atoms with Gasteiger partial charge in [0, 0.05) is 49.5 Å². The Bertz CT molecular complexity index is 1380. The van der Waals surface area contributed by atoms with Gasteiger partial charge in [0.05, 0.1) is 30.5 Å². The molecule has 9 nitrogen and oxygen atoms in total. The number of hydrogen-bond donors (Lipinski definition) is 2. The first-order chi connectivity index (χ1) is 16.6. The molecular formula is C25H23N7O2. The van der Waals surface area contributed by atoms with E-state index in [4.69, 9.17) is 9.72 Å². The first-order valence-corrected chi connectivity index (χ1v) is 11.0. The fraction of sp³-hybridized carbons (Fsp3) is 0.200. The number of aromatic nitrogens is 3. The van der Waals surface area contributed by atoms with E-state index in [1.165, 1.54) is 0 Å². The molecule has 4 aromatic rings. The third-order valence-corrected chi connectivity index (χ3v) is 5.69. The lowest BCUT2D eigenvalue weighted by Gasteiger charge is -2.28. The molecule has 1 amide bonds. The van der Waals surface area contributed by atoms with Gasteiger partial charge in [-0.25, -0.2) is 9.97 Å². The number of nitrogens with one attached hydrogen (secondary N) is 2. The normalized spacial score (nSPS) is 13.5. The fourth-order valence-corrected chi connectivity index (χ4v) is 3.92. The number of imidazole rings is 1. The summed E-state index contributed by atoms with van der Waals surface area (Å²) in [7, 11) is 1.57. The van der Waals surface area contributed by atoms with Crippen molar-refractivity contribution >= 4 is 28.7 Å². The zero-order valence-electron chi connectivity index (χ0n) is 18.7. The van der Waals surface area contributed by atoms with Crippen molar-refractivity contribution in [3.05, 3.63) is 72.2 Å². The number of hydrogen-bond acceptors (Lipinski definition) is 7. The van der Waals surface area contributed by atoms with E-state index in [1.807, 2.05) is 24.3 Å². The highest BCUT2D eigenvalue weighted by Gasteiger charge is 2.16. The molecule has 1 aliphatic heterocycles. The largest absolute Gasteiger partial charge is 0.378 e. The second-order valence-corrected chi connectivity index (χ2v) is 7.87. The molecule has 170 valence electrons. The van der Waals surface area contributed by atoms with Gasteiger partial charge in [0.2, 0.25) is 0 Å². The highest BCUT2D eigenvalue weighted by Crippen LogP contribution is 2.27. The van der Waals surface area contributed by atoms with Crippen LogP contribution in [0.25, 0.3) is 16.9 Å². The maximum absolute atomic E-state index is 12.2. The first kappa shape index (κ1) is 21.4. The molecule has 2 aromatic carbocycles. The summed E-state index contributed by atoms with van der Waals surface area (Å²) < 4.78 is 7.21. The van der Waals surface area contributed by atoms with Gasteiger partial charge in [0.25, 0.3) is 5.91 Å². The van der Waals surface area contributed by atoms with Crippen molar-refractivity contribution in [1.29, 1.82) is 5.26 Å². The predicted octanol–water partition coefficient (Wildman–Crippen LogP) is 3.21. The second-order valence-electron chi connectivity index (χ2n) is 7.87. The Labute approximate surface area is 196 Å². The minimum Gasteiger partial charge on any atom is -0.378 e. The van der Waals surface area contributed by atoms with Crippen LogP contribution in [0.4, 0.5) is 17.2 Å². The zero-order valence-corrected chi connectivity index (χ0v) is 18.7. The molecule has 2 aromatic heterocycles. The molecule has 3 heterocycles. The molecule has 2 N–H and O–H groups in total. The summed E-state index contributed by atoms with van der Waals surface area (Å²) in [6.07, 6.45) is 3.47. The molecule has 1 aliphatic rings. The van der Waals surface area contributed by atoms with Crippen molar-refractivity contribution in [2.75, 3.05) is 43.6 Å². The van der Waals surface area contributed by atoms with Crippen molar-refractivity contribution < 1.29 is 9.53 Å². The van der Waals surface area contributed by atoms with Crippen LogP contribution in [-0.4, -0.2) is 53.6 Å². The van der Waals surface area contributed by atoms with Gasteiger partial charge in [-0.3, -0.25) is 4.79 Å². The van der Waals surface area contributed by atoms with Crippen LogP contribution in [0.15, 0.2) is 60.9 Å². The van der Waals surface area contributed by atoms with E-state index < -0.39 is 0 Å². The van der Waals surface area contributed by atoms with Crippen molar-refractivity contribution in [2.24, 2.45) is 0 Å². The van der Waals surface area contributed by atoms with Gasteiger partial charge in [0.15, 0.2) is 11.5 Å². The molecule has 0 unspecified atom stereocenters. The Balaban J connectivity index is 1.53. The number of amides is 1. The SMILES string of the molecule is CNC(=O)c1cn2cc(-c3cccc(C#N)c3)nc(Nc3ccc(N4CCOCC4)cc3)c2n1. The molecule has 5 rings (SSSR count). The van der Waals surface area contributed by atoms with Crippen LogP contribution in [0.5, 0.6) is 0 Å². The van der Waals surface area contributed by atoms with E-state index in [0.29, 0.717) is 22.7 Å². The smallest absolute Gasteiger partial charge is 0.271 e. The van der Waals surface area contributed by atoms with E-state index in [-0.39, 0.29) is 11.6 Å². The van der Waals surface area contributed by atoms with E-state index in [0.717, 1.165) is 43.2 Å². The van der Waals surface area contributed by atoms with Crippen LogP contribution in [0.3, 0.4) is 0 Å². The lowest BCUT2D eigenvalue weighted by molar-refractivity contribution is 0.0958. The van der Waals surface area contributed by atoms with Gasteiger partial charge in [0.1, 0.15) is 5.69 Å². The Morgan fingerprint density at radius 1 is 1.09 bits per heavy atom. The van der Waals surface area contributed by atoms with Gasteiger partial charge in [-0.15, -0.1) is 0 Å². The number of carbonyl (C=O) groups is 1. The lowest BCUT2D eigenvalue weighted by atomic mass is 10.1. The number of carbonyl (C=O) groups excluding carboxylic acids is 1. The van der Waals surface area contributed by atoms with Crippen LogP contribution >= 0.6 is 0 Å². The predicted molar refractivity (Wildman–Crippen MR) is 129 cm³/mol. The molecule has 9 heteroatoms. The molecule has 0 aliphatic carbocycles. The summed E-state index contributed by atoms with van der Waals surface area (Å²) >= 11 is 0. The van der Waals surface area contributed by atoms with E-state index >= 15 is 0 Å². The third-order valence-electron chi connectivity index (χ3n) is 5.69. The number of benzene rings is 2. The molecule has 1 fully saturated rings. The second kappa shape index (κ2) is 9.21. The number of anilines is 3. The summed E-state index contributed by atoms with van der Waals surface area (Å²) in [6, 6.07) is 17.5. The number of morpholine rings is 1. The summed E-state index contributed by atoms with van der Waals surface area (Å²) in [4.78, 5) is 23.8. The van der Waals surface area contributed by atoms with Crippen molar-refractivity contribution in [2.45, 2.75) is 0 Å². The van der Waals surface area contributed by atoms with Crippen LogP contribution in [0.2, 0.25) is 0 Å². The van der Waals surface area contributed by atoms with Crippen molar-refractivity contribution in [1.82, 2.24) is 19.7 Å². The minimum atomic E-state index is -0.280. The van der Waals surface area contributed by atoms with E-state index in [1.54, 1.807) is 36.0 Å². The molecule has 1 saturated heterocycles. The average molecular weight is 454 g/mol. The highest BCUT2D eigenvalue weighted by molar-refractivity contribution is 5.93. The Morgan fingerprint density at radius 2 is 1.88 bits per heavy atom. The van der Waals surface area contributed by atoms with E-state index in [9.17, 15) is 10.1 Å².